The number of halogens is 1. The molecule has 3 aromatic carbocycles. The Bertz CT molecular complexity index is 1310. The highest BCUT2D eigenvalue weighted by molar-refractivity contribution is 6.07. The van der Waals surface area contributed by atoms with Crippen molar-refractivity contribution in [2.45, 2.75) is 18.1 Å². The average Bonchev–Trinajstić information content (AvgIpc) is 3.03. The van der Waals surface area contributed by atoms with Crippen LogP contribution < -0.4 is 10.5 Å². The summed E-state index contributed by atoms with van der Waals surface area (Å²) in [6.45, 7) is 0. The highest BCUT2D eigenvalue weighted by Crippen LogP contribution is 2.50. The van der Waals surface area contributed by atoms with Crippen LogP contribution in [0.1, 0.15) is 29.2 Å². The highest BCUT2D eigenvalue weighted by Gasteiger charge is 2.53. The monoisotopic (exact) mass is 426 g/mol. The Morgan fingerprint density at radius 2 is 1.91 bits per heavy atom. The minimum absolute atomic E-state index is 0.137. The van der Waals surface area contributed by atoms with Gasteiger partial charge >= 0.3 is 0 Å². The number of hydrogen-bond donors (Lipinski definition) is 1. The van der Waals surface area contributed by atoms with Gasteiger partial charge in [0.1, 0.15) is 17.7 Å². The molecule has 32 heavy (non-hydrogen) atoms. The topological polar surface area (TPSA) is 91.7 Å². The Morgan fingerprint density at radius 1 is 1.16 bits per heavy atom. The summed E-state index contributed by atoms with van der Waals surface area (Å²) in [6, 6.07) is 21.0. The van der Waals surface area contributed by atoms with Crippen molar-refractivity contribution in [2.75, 3.05) is 7.05 Å². The van der Waals surface area contributed by atoms with E-state index < -0.39 is 11.6 Å². The molecule has 1 amide bonds. The fraction of sp³-hybridized carbons (Fsp3) is 0.160. The number of nitrogens with two attached hydrogens (primary N) is 1. The van der Waals surface area contributed by atoms with Gasteiger partial charge in [0.25, 0.3) is 5.91 Å². The number of guanidine groups is 1. The van der Waals surface area contributed by atoms with Gasteiger partial charge in [-0.05, 0) is 53.1 Å². The van der Waals surface area contributed by atoms with Crippen molar-refractivity contribution in [1.29, 1.82) is 5.26 Å². The zero-order valence-electron chi connectivity index (χ0n) is 17.2. The fourth-order valence-corrected chi connectivity index (χ4v) is 4.35. The molecule has 158 valence electrons. The zero-order chi connectivity index (χ0) is 22.5. The van der Waals surface area contributed by atoms with E-state index in [-0.39, 0.29) is 24.1 Å². The molecule has 0 aromatic heterocycles. The second kappa shape index (κ2) is 7.20. The minimum Gasteiger partial charge on any atom is -0.485 e. The molecule has 0 aliphatic carbocycles. The number of ether oxygens (including phenoxy) is 1. The molecule has 2 atom stereocenters. The van der Waals surface area contributed by atoms with Crippen molar-refractivity contribution in [2.24, 2.45) is 10.7 Å². The Morgan fingerprint density at radius 3 is 2.59 bits per heavy atom. The number of nitriles is 1. The highest BCUT2D eigenvalue weighted by atomic mass is 19.1. The summed E-state index contributed by atoms with van der Waals surface area (Å²) in [4.78, 5) is 19.4. The number of hydrogen-bond acceptors (Lipinski definition) is 5. The van der Waals surface area contributed by atoms with Crippen LogP contribution in [0, 0.1) is 17.1 Å². The number of amides is 1. The minimum atomic E-state index is -1.24. The van der Waals surface area contributed by atoms with Gasteiger partial charge in [-0.1, -0.05) is 30.3 Å². The van der Waals surface area contributed by atoms with E-state index in [0.29, 0.717) is 16.9 Å². The van der Waals surface area contributed by atoms with E-state index in [1.807, 2.05) is 24.3 Å². The van der Waals surface area contributed by atoms with E-state index in [4.69, 9.17) is 10.5 Å². The maximum atomic E-state index is 13.5. The van der Waals surface area contributed by atoms with Crippen molar-refractivity contribution in [3.63, 3.8) is 0 Å². The molecule has 3 aromatic rings. The number of fused-ring (bicyclic) bond motifs is 2. The lowest BCUT2D eigenvalue weighted by molar-refractivity contribution is -0.132. The van der Waals surface area contributed by atoms with Crippen LogP contribution in [0.25, 0.3) is 11.1 Å². The van der Waals surface area contributed by atoms with Crippen molar-refractivity contribution in [3.8, 4) is 22.9 Å². The molecule has 7 heteroatoms. The van der Waals surface area contributed by atoms with Crippen LogP contribution in [0.5, 0.6) is 5.75 Å². The third-order valence-electron chi connectivity index (χ3n) is 6.05. The first-order chi connectivity index (χ1) is 15.4. The molecule has 0 saturated carbocycles. The number of aliphatic imine (C=N–C) groups is 1. The van der Waals surface area contributed by atoms with Crippen LogP contribution in [0.4, 0.5) is 4.39 Å². The quantitative estimate of drug-likeness (QED) is 0.673. The maximum absolute atomic E-state index is 13.5. The van der Waals surface area contributed by atoms with Gasteiger partial charge in [0.2, 0.25) is 0 Å². The first-order valence-corrected chi connectivity index (χ1v) is 10.1. The summed E-state index contributed by atoms with van der Waals surface area (Å²) in [5.41, 5.74) is 8.40. The molecule has 0 radical (unpaired) electrons. The molecule has 2 unspecified atom stereocenters. The summed E-state index contributed by atoms with van der Waals surface area (Å²) in [7, 11) is 1.60. The van der Waals surface area contributed by atoms with Crippen LogP contribution in [-0.4, -0.2) is 23.8 Å². The lowest BCUT2D eigenvalue weighted by Gasteiger charge is -2.37. The van der Waals surface area contributed by atoms with E-state index in [2.05, 4.69) is 11.1 Å². The van der Waals surface area contributed by atoms with Crippen LogP contribution in [0.15, 0.2) is 71.7 Å². The van der Waals surface area contributed by atoms with E-state index in [9.17, 15) is 14.4 Å². The van der Waals surface area contributed by atoms with Crippen LogP contribution in [-0.2, 0) is 10.3 Å². The molecular formula is C25H19FN4O2. The van der Waals surface area contributed by atoms with Crippen molar-refractivity contribution in [1.82, 2.24) is 4.90 Å². The van der Waals surface area contributed by atoms with E-state index in [1.165, 1.54) is 17.0 Å². The molecule has 0 bridgehead atoms. The predicted molar refractivity (Wildman–Crippen MR) is 117 cm³/mol. The number of rotatable bonds is 2. The number of likely N-dealkylation sites (N-methyl/N-ethyl adjacent to an activating group) is 1. The van der Waals surface area contributed by atoms with Gasteiger partial charge in [0, 0.05) is 19.0 Å². The molecular weight excluding hydrogens is 407 g/mol. The second-order valence-corrected chi connectivity index (χ2v) is 7.96. The molecule has 2 aliphatic rings. The Balaban J connectivity index is 1.66. The van der Waals surface area contributed by atoms with Gasteiger partial charge in [-0.3, -0.25) is 9.69 Å². The number of nitrogens with zero attached hydrogens (tertiary/aromatic N) is 3. The van der Waals surface area contributed by atoms with Crippen LogP contribution in [0.3, 0.4) is 0 Å². The molecule has 2 aliphatic heterocycles. The van der Waals surface area contributed by atoms with Gasteiger partial charge in [-0.2, -0.15) is 5.26 Å². The van der Waals surface area contributed by atoms with Crippen molar-refractivity contribution < 1.29 is 13.9 Å². The molecule has 5 rings (SSSR count). The van der Waals surface area contributed by atoms with E-state index in [1.54, 1.807) is 37.4 Å². The Kier molecular flexibility index (Phi) is 4.45. The summed E-state index contributed by atoms with van der Waals surface area (Å²) in [5.74, 6) is 0.0704. The van der Waals surface area contributed by atoms with Gasteiger partial charge in [-0.25, -0.2) is 9.38 Å². The number of carbonyl (C=O) groups is 1. The molecule has 2 heterocycles. The largest absolute Gasteiger partial charge is 0.485 e. The summed E-state index contributed by atoms with van der Waals surface area (Å²) in [6.07, 6.45) is -0.264. The standard InChI is InChI=1S/C25H19FN4O2/c1-30-23(31)25(29-24(30)28)13-22(16-5-8-19(26)9-6-16)32-21-10-7-18(12-20(21)25)17-4-2-3-15(11-17)14-27/h2-12,22H,13H2,1H3,(H2,28,29). The number of carbonyl (C=O) groups excluding carboxylic acids is 1. The van der Waals surface area contributed by atoms with E-state index >= 15 is 0 Å². The second-order valence-electron chi connectivity index (χ2n) is 7.96. The molecule has 1 spiro atoms. The Labute approximate surface area is 184 Å². The third-order valence-corrected chi connectivity index (χ3v) is 6.05. The first kappa shape index (κ1) is 19.8. The molecule has 0 saturated heterocycles. The van der Waals surface area contributed by atoms with Gasteiger partial charge in [0.05, 0.1) is 11.6 Å². The van der Waals surface area contributed by atoms with Crippen molar-refractivity contribution >= 4 is 11.9 Å². The fourth-order valence-electron chi connectivity index (χ4n) is 4.35. The summed E-state index contributed by atoms with van der Waals surface area (Å²) >= 11 is 0. The number of benzene rings is 3. The van der Waals surface area contributed by atoms with Crippen LogP contribution in [0.2, 0.25) is 0 Å². The van der Waals surface area contributed by atoms with Gasteiger partial charge in [0.15, 0.2) is 11.5 Å². The lowest BCUT2D eigenvalue weighted by atomic mass is 9.79. The van der Waals surface area contributed by atoms with E-state index in [0.717, 1.165) is 16.7 Å². The molecule has 2 N–H and O–H groups in total. The van der Waals surface area contributed by atoms with Crippen LogP contribution >= 0.6 is 0 Å². The third kappa shape index (κ3) is 3.00. The smallest absolute Gasteiger partial charge is 0.261 e. The predicted octanol–water partition coefficient (Wildman–Crippen LogP) is 3.87. The summed E-state index contributed by atoms with van der Waals surface area (Å²) < 4.78 is 19.7. The SMILES string of the molecule is CN1C(=O)C2(CC(c3ccc(F)cc3)Oc3ccc(-c4cccc(C#N)c4)cc32)N=C1N. The van der Waals surface area contributed by atoms with Gasteiger partial charge < -0.3 is 10.5 Å². The average molecular weight is 426 g/mol. The maximum Gasteiger partial charge on any atom is 0.261 e. The zero-order valence-corrected chi connectivity index (χ0v) is 17.2. The van der Waals surface area contributed by atoms with Gasteiger partial charge in [-0.15, -0.1) is 0 Å². The lowest BCUT2D eigenvalue weighted by Crippen LogP contribution is -2.43. The normalized spacial score (nSPS) is 21.7. The Hall–Kier alpha value is -4.18. The molecule has 0 fully saturated rings. The van der Waals surface area contributed by atoms with Crippen molar-refractivity contribution in [3.05, 3.63) is 89.2 Å². The summed E-state index contributed by atoms with van der Waals surface area (Å²) in [5, 5.41) is 9.24. The first-order valence-electron chi connectivity index (χ1n) is 10.1. The molecule has 6 nitrogen and oxygen atoms in total.